The van der Waals surface area contributed by atoms with Gasteiger partial charge >= 0.3 is 0 Å². The lowest BCUT2D eigenvalue weighted by molar-refractivity contribution is -0.113. The van der Waals surface area contributed by atoms with Gasteiger partial charge < -0.3 is 14.5 Å². The molecule has 0 saturated carbocycles. The van der Waals surface area contributed by atoms with Crippen LogP contribution < -0.4 is 10.1 Å². The molecule has 7 nitrogen and oxygen atoms in total. The van der Waals surface area contributed by atoms with E-state index in [-0.39, 0.29) is 35.1 Å². The molecule has 2 heterocycles. The van der Waals surface area contributed by atoms with Crippen molar-refractivity contribution in [1.82, 2.24) is 15.2 Å². The maximum atomic E-state index is 13.4. The normalized spacial score (nSPS) is 10.5. The molecule has 0 atom stereocenters. The fourth-order valence-electron chi connectivity index (χ4n) is 1.62. The van der Waals surface area contributed by atoms with Gasteiger partial charge in [-0.2, -0.15) is 0 Å². The minimum atomic E-state index is -0.467. The van der Waals surface area contributed by atoms with Gasteiger partial charge in [0.2, 0.25) is 5.91 Å². The number of aromatic nitrogens is 3. The van der Waals surface area contributed by atoms with Crippen molar-refractivity contribution < 1.29 is 18.3 Å². The number of rotatable bonds is 7. The first-order chi connectivity index (χ1) is 11.7. The highest BCUT2D eigenvalue weighted by atomic mass is 32.2. The van der Waals surface area contributed by atoms with Gasteiger partial charge in [-0.25, -0.2) is 9.37 Å². The monoisotopic (exact) mass is 366 g/mol. The number of carbonyl (C=O) groups excluding carboxylic acids is 1. The third-order valence-electron chi connectivity index (χ3n) is 2.64. The van der Waals surface area contributed by atoms with Gasteiger partial charge in [-0.3, -0.25) is 4.79 Å². The van der Waals surface area contributed by atoms with Crippen molar-refractivity contribution in [3.8, 4) is 5.75 Å². The summed E-state index contributed by atoms with van der Waals surface area (Å²) in [4.78, 5) is 15.7. The lowest BCUT2D eigenvalue weighted by atomic mass is 10.3. The van der Waals surface area contributed by atoms with Gasteiger partial charge in [0, 0.05) is 11.6 Å². The molecule has 3 rings (SSSR count). The summed E-state index contributed by atoms with van der Waals surface area (Å²) < 4.78 is 24.0. The number of amides is 1. The average molecular weight is 366 g/mol. The van der Waals surface area contributed by atoms with E-state index in [1.165, 1.54) is 23.5 Å². The van der Waals surface area contributed by atoms with Crippen LogP contribution >= 0.6 is 23.1 Å². The van der Waals surface area contributed by atoms with Crippen molar-refractivity contribution >= 4 is 34.1 Å². The predicted molar refractivity (Wildman–Crippen MR) is 86.5 cm³/mol. The maximum Gasteiger partial charge on any atom is 0.277 e. The summed E-state index contributed by atoms with van der Waals surface area (Å²) in [5.74, 6) is -0.286. The molecular weight excluding hydrogens is 355 g/mol. The third-order valence-corrected chi connectivity index (χ3v) is 4.15. The molecule has 124 valence electrons. The molecule has 24 heavy (non-hydrogen) atoms. The Balaban J connectivity index is 1.47. The van der Waals surface area contributed by atoms with Crippen LogP contribution in [0.5, 0.6) is 5.75 Å². The molecule has 1 amide bonds. The quantitative estimate of drug-likeness (QED) is 0.643. The Kier molecular flexibility index (Phi) is 5.39. The van der Waals surface area contributed by atoms with E-state index in [4.69, 9.17) is 9.15 Å². The second-order valence-corrected chi connectivity index (χ2v) is 6.18. The van der Waals surface area contributed by atoms with Crippen molar-refractivity contribution in [2.75, 3.05) is 11.1 Å². The van der Waals surface area contributed by atoms with Crippen LogP contribution in [0.1, 0.15) is 5.89 Å². The van der Waals surface area contributed by atoms with E-state index in [1.807, 2.05) is 0 Å². The Morgan fingerprint density at radius 3 is 3.04 bits per heavy atom. The molecule has 0 fully saturated rings. The SMILES string of the molecule is O=C(CSc1nnc(COc2ccccc2F)o1)Nc1nccs1. The molecule has 1 N–H and O–H groups in total. The van der Waals surface area contributed by atoms with Gasteiger partial charge in [-0.15, -0.1) is 21.5 Å². The Hall–Kier alpha value is -2.46. The molecule has 0 unspecified atom stereocenters. The molecule has 0 aliphatic carbocycles. The number of anilines is 1. The van der Waals surface area contributed by atoms with Crippen molar-refractivity contribution in [3.63, 3.8) is 0 Å². The Bertz CT molecular complexity index is 810. The molecule has 3 aromatic rings. The Morgan fingerprint density at radius 1 is 1.38 bits per heavy atom. The minimum absolute atomic E-state index is 0.0557. The van der Waals surface area contributed by atoms with Gasteiger partial charge in [0.05, 0.1) is 5.75 Å². The highest BCUT2D eigenvalue weighted by molar-refractivity contribution is 7.99. The van der Waals surface area contributed by atoms with Crippen molar-refractivity contribution in [2.45, 2.75) is 11.8 Å². The molecular formula is C14H11FN4O3S2. The topological polar surface area (TPSA) is 90.1 Å². The van der Waals surface area contributed by atoms with Gasteiger partial charge in [-0.1, -0.05) is 23.9 Å². The molecule has 1 aromatic carbocycles. The third kappa shape index (κ3) is 4.52. The molecule has 0 radical (unpaired) electrons. The molecule has 0 spiro atoms. The number of nitrogens with one attached hydrogen (secondary N) is 1. The number of ether oxygens (including phenoxy) is 1. The molecule has 0 aliphatic rings. The fourth-order valence-corrected chi connectivity index (χ4v) is 2.75. The number of hydrogen-bond donors (Lipinski definition) is 1. The van der Waals surface area contributed by atoms with E-state index in [9.17, 15) is 9.18 Å². The zero-order valence-corrected chi connectivity index (χ0v) is 13.8. The van der Waals surface area contributed by atoms with Gasteiger partial charge in [-0.05, 0) is 12.1 Å². The molecule has 2 aromatic heterocycles. The first-order valence-electron chi connectivity index (χ1n) is 6.72. The first kappa shape index (κ1) is 16.4. The summed E-state index contributed by atoms with van der Waals surface area (Å²) in [7, 11) is 0. The molecule has 0 aliphatic heterocycles. The zero-order valence-electron chi connectivity index (χ0n) is 12.1. The number of halogens is 1. The summed E-state index contributed by atoms with van der Waals surface area (Å²) in [6, 6.07) is 6.03. The van der Waals surface area contributed by atoms with Crippen LogP contribution in [-0.4, -0.2) is 26.8 Å². The summed E-state index contributed by atoms with van der Waals surface area (Å²) >= 11 is 2.42. The van der Waals surface area contributed by atoms with Crippen molar-refractivity contribution in [2.24, 2.45) is 0 Å². The summed E-state index contributed by atoms with van der Waals surface area (Å²) in [5.41, 5.74) is 0. The summed E-state index contributed by atoms with van der Waals surface area (Å²) in [6.45, 7) is -0.0557. The van der Waals surface area contributed by atoms with E-state index >= 15 is 0 Å². The Labute approximate surface area is 144 Å². The molecule has 10 heteroatoms. The molecule has 0 saturated heterocycles. The van der Waals surface area contributed by atoms with E-state index in [0.717, 1.165) is 11.8 Å². The first-order valence-corrected chi connectivity index (χ1v) is 8.59. The lowest BCUT2D eigenvalue weighted by Gasteiger charge is -2.03. The van der Waals surface area contributed by atoms with Crippen LogP contribution in [-0.2, 0) is 11.4 Å². The maximum absolute atomic E-state index is 13.4. The standard InChI is InChI=1S/C14H11FN4O3S2/c15-9-3-1-2-4-10(9)21-7-12-18-19-14(22-12)24-8-11(20)17-13-16-5-6-23-13/h1-6H,7-8H2,(H,16,17,20). The van der Waals surface area contributed by atoms with E-state index < -0.39 is 5.82 Å². The number of carbonyl (C=O) groups is 1. The van der Waals surface area contributed by atoms with Gasteiger partial charge in [0.15, 0.2) is 23.3 Å². The van der Waals surface area contributed by atoms with Gasteiger partial charge in [0.1, 0.15) is 0 Å². The number of para-hydroxylation sites is 1. The minimum Gasteiger partial charge on any atom is -0.481 e. The van der Waals surface area contributed by atoms with E-state index in [2.05, 4.69) is 20.5 Å². The highest BCUT2D eigenvalue weighted by Gasteiger charge is 2.12. The van der Waals surface area contributed by atoms with Crippen LogP contribution in [0.4, 0.5) is 9.52 Å². The molecule has 0 bridgehead atoms. The van der Waals surface area contributed by atoms with Crippen molar-refractivity contribution in [3.05, 3.63) is 47.6 Å². The summed E-state index contributed by atoms with van der Waals surface area (Å²) in [6.07, 6.45) is 1.60. The smallest absolute Gasteiger partial charge is 0.277 e. The van der Waals surface area contributed by atoms with Crippen LogP contribution in [0.3, 0.4) is 0 Å². The van der Waals surface area contributed by atoms with Crippen LogP contribution in [0, 0.1) is 5.82 Å². The Morgan fingerprint density at radius 2 is 2.25 bits per heavy atom. The summed E-state index contributed by atoms with van der Waals surface area (Å²) in [5, 5.41) is 12.8. The largest absolute Gasteiger partial charge is 0.481 e. The lowest BCUT2D eigenvalue weighted by Crippen LogP contribution is -2.13. The number of nitrogens with zero attached hydrogens (tertiary/aromatic N) is 3. The van der Waals surface area contributed by atoms with Gasteiger partial charge in [0.25, 0.3) is 11.1 Å². The van der Waals surface area contributed by atoms with Crippen LogP contribution in [0.2, 0.25) is 0 Å². The second-order valence-electron chi connectivity index (χ2n) is 4.35. The number of hydrogen-bond acceptors (Lipinski definition) is 8. The number of thiazole rings is 1. The van der Waals surface area contributed by atoms with Crippen LogP contribution in [0.25, 0.3) is 0 Å². The number of thioether (sulfide) groups is 1. The predicted octanol–water partition coefficient (Wildman–Crippen LogP) is 2.98. The number of benzene rings is 1. The van der Waals surface area contributed by atoms with Crippen LogP contribution in [0.15, 0.2) is 45.5 Å². The highest BCUT2D eigenvalue weighted by Crippen LogP contribution is 2.20. The fraction of sp³-hybridized carbons (Fsp3) is 0.143. The zero-order chi connectivity index (χ0) is 16.8. The van der Waals surface area contributed by atoms with Crippen molar-refractivity contribution in [1.29, 1.82) is 0 Å². The average Bonchev–Trinajstić information content (AvgIpc) is 3.24. The van der Waals surface area contributed by atoms with E-state index in [0.29, 0.717) is 5.13 Å². The van der Waals surface area contributed by atoms with E-state index in [1.54, 1.807) is 23.7 Å². The second kappa shape index (κ2) is 7.88.